The van der Waals surface area contributed by atoms with Crippen LogP contribution in [0.4, 0.5) is 0 Å². The smallest absolute Gasteiger partial charge is 0.136 e. The molecule has 0 aliphatic carbocycles. The Kier molecular flexibility index (Phi) is 5.26. The molecule has 0 saturated carbocycles. The molecule has 8 aromatic rings. The molecule has 1 aliphatic heterocycles. The number of pyridine rings is 1. The monoisotopic (exact) mass is 549 g/mol. The predicted octanol–water partition coefficient (Wildman–Crippen LogP) is 11.1. The highest BCUT2D eigenvalue weighted by Gasteiger charge is 2.18. The third-order valence-corrected chi connectivity index (χ3v) is 8.63. The van der Waals surface area contributed by atoms with Gasteiger partial charge in [-0.2, -0.15) is 0 Å². The van der Waals surface area contributed by atoms with Crippen LogP contribution >= 0.6 is 0 Å². The molecule has 0 fully saturated rings. The van der Waals surface area contributed by atoms with Gasteiger partial charge in [-0.15, -0.1) is 18.3 Å². The number of hydrogen-bond donors (Lipinski definition) is 0. The Labute approximate surface area is 248 Å². The van der Waals surface area contributed by atoms with E-state index in [4.69, 9.17) is 9.40 Å². The summed E-state index contributed by atoms with van der Waals surface area (Å²) in [6.07, 6.45) is 8.11. The van der Waals surface area contributed by atoms with Crippen molar-refractivity contribution in [2.75, 3.05) is 6.54 Å². The number of aromatic nitrogens is 1. The van der Waals surface area contributed by atoms with Crippen molar-refractivity contribution in [3.63, 3.8) is 0 Å². The third kappa shape index (κ3) is 3.79. The minimum atomic E-state index is 0.697. The lowest BCUT2D eigenvalue weighted by molar-refractivity contribution is 0.669. The van der Waals surface area contributed by atoms with Crippen molar-refractivity contribution >= 4 is 60.0 Å². The summed E-state index contributed by atoms with van der Waals surface area (Å²) < 4.78 is 6.34. The predicted molar refractivity (Wildman–Crippen MR) is 180 cm³/mol. The van der Waals surface area contributed by atoms with E-state index in [0.717, 1.165) is 38.9 Å². The minimum Gasteiger partial charge on any atom is -0.679 e. The minimum absolute atomic E-state index is 0.697. The Bertz CT molecular complexity index is 2390. The average Bonchev–Trinajstić information content (AvgIpc) is 3.43. The van der Waals surface area contributed by atoms with Gasteiger partial charge in [0, 0.05) is 28.2 Å². The third-order valence-electron chi connectivity index (χ3n) is 8.63. The van der Waals surface area contributed by atoms with Gasteiger partial charge in [0.1, 0.15) is 11.2 Å². The van der Waals surface area contributed by atoms with E-state index in [1.165, 1.54) is 49.0 Å². The summed E-state index contributed by atoms with van der Waals surface area (Å²) in [6.45, 7) is 0.697. The van der Waals surface area contributed by atoms with Crippen molar-refractivity contribution in [2.24, 2.45) is 0 Å². The van der Waals surface area contributed by atoms with E-state index in [0.29, 0.717) is 6.54 Å². The van der Waals surface area contributed by atoms with Crippen LogP contribution in [0.3, 0.4) is 0 Å². The van der Waals surface area contributed by atoms with Crippen molar-refractivity contribution in [1.29, 1.82) is 0 Å². The first-order chi connectivity index (χ1) is 21.3. The fourth-order valence-corrected chi connectivity index (χ4v) is 6.65. The van der Waals surface area contributed by atoms with Crippen LogP contribution in [-0.2, 0) is 0 Å². The van der Waals surface area contributed by atoms with Gasteiger partial charge < -0.3 is 9.73 Å². The molecule has 3 heterocycles. The van der Waals surface area contributed by atoms with Crippen LogP contribution in [0.25, 0.3) is 87.5 Å². The second kappa shape index (κ2) is 9.43. The maximum Gasteiger partial charge on any atom is 0.136 e. The summed E-state index contributed by atoms with van der Waals surface area (Å²) in [5.41, 5.74) is 8.34. The second-order valence-corrected chi connectivity index (χ2v) is 11.1. The Hall–Kier alpha value is -5.67. The molecule has 6 aromatic carbocycles. The van der Waals surface area contributed by atoms with Gasteiger partial charge in [0.15, 0.2) is 0 Å². The highest BCUT2D eigenvalue weighted by Crippen LogP contribution is 2.45. The maximum absolute atomic E-state index is 6.34. The fourth-order valence-electron chi connectivity index (χ4n) is 6.65. The highest BCUT2D eigenvalue weighted by atomic mass is 16.3. The van der Waals surface area contributed by atoms with Gasteiger partial charge in [0.05, 0.1) is 0 Å². The number of fused-ring (bicyclic) bond motifs is 6. The Morgan fingerprint density at radius 3 is 1.84 bits per heavy atom. The standard InChI is InChI=1S/C40H25N2O/c1-2-10-26-23-38-34(21-25(26)9-1)33-22-27(17-19-37(33)43-38)39-29-11-3-5-13-31(29)40(32-14-6-4-12-30(32)39)28-16-18-36(42-24-28)35-15-7-8-20-41-35/h1-19,21-24H,20H2/q-1. The lowest BCUT2D eigenvalue weighted by atomic mass is 9.86. The van der Waals surface area contributed by atoms with E-state index in [1.807, 2.05) is 24.4 Å². The number of allylic oxidation sites excluding steroid dienone is 2. The Morgan fingerprint density at radius 2 is 1.19 bits per heavy atom. The number of rotatable bonds is 3. The van der Waals surface area contributed by atoms with Crippen LogP contribution in [0.15, 0.2) is 144 Å². The van der Waals surface area contributed by atoms with Gasteiger partial charge in [-0.25, -0.2) is 0 Å². The molecule has 0 N–H and O–H groups in total. The normalized spacial score (nSPS) is 13.3. The van der Waals surface area contributed by atoms with Gasteiger partial charge >= 0.3 is 0 Å². The molecule has 0 radical (unpaired) electrons. The molecule has 0 bridgehead atoms. The molecule has 3 nitrogen and oxygen atoms in total. The van der Waals surface area contributed by atoms with Crippen molar-refractivity contribution in [1.82, 2.24) is 4.98 Å². The van der Waals surface area contributed by atoms with Crippen molar-refractivity contribution in [3.8, 4) is 22.3 Å². The van der Waals surface area contributed by atoms with Crippen LogP contribution in [0, 0.1) is 0 Å². The first-order valence-corrected chi connectivity index (χ1v) is 14.6. The van der Waals surface area contributed by atoms with Crippen molar-refractivity contribution in [3.05, 3.63) is 151 Å². The van der Waals surface area contributed by atoms with Crippen molar-refractivity contribution in [2.45, 2.75) is 0 Å². The highest BCUT2D eigenvalue weighted by molar-refractivity contribution is 6.22. The molecule has 9 rings (SSSR count). The van der Waals surface area contributed by atoms with Crippen LogP contribution in [-0.4, -0.2) is 11.5 Å². The van der Waals surface area contributed by atoms with Gasteiger partial charge in [-0.1, -0.05) is 97.1 Å². The second-order valence-electron chi connectivity index (χ2n) is 11.1. The first kappa shape index (κ1) is 24.0. The quantitative estimate of drug-likeness (QED) is 0.206. The Balaban J connectivity index is 1.28. The number of nitrogens with zero attached hydrogens (tertiary/aromatic N) is 2. The summed E-state index contributed by atoms with van der Waals surface area (Å²) in [5, 5.41) is 14.1. The molecule has 0 unspecified atom stereocenters. The van der Waals surface area contributed by atoms with Gasteiger partial charge in [0.25, 0.3) is 0 Å². The van der Waals surface area contributed by atoms with E-state index in [2.05, 4.69) is 121 Å². The van der Waals surface area contributed by atoms with Gasteiger partial charge in [-0.05, 0) is 79.3 Å². The first-order valence-electron chi connectivity index (χ1n) is 14.6. The zero-order valence-electron chi connectivity index (χ0n) is 23.3. The summed E-state index contributed by atoms with van der Waals surface area (Å²) in [4.78, 5) is 4.85. The Morgan fingerprint density at radius 1 is 0.558 bits per heavy atom. The summed E-state index contributed by atoms with van der Waals surface area (Å²) >= 11 is 0. The van der Waals surface area contributed by atoms with Crippen LogP contribution in [0.5, 0.6) is 0 Å². The largest absolute Gasteiger partial charge is 0.679 e. The van der Waals surface area contributed by atoms with E-state index in [9.17, 15) is 0 Å². The van der Waals surface area contributed by atoms with Gasteiger partial charge in [-0.3, -0.25) is 4.98 Å². The van der Waals surface area contributed by atoms with Crippen molar-refractivity contribution < 1.29 is 4.42 Å². The van der Waals surface area contributed by atoms with Crippen LogP contribution < -0.4 is 0 Å². The lowest BCUT2D eigenvalue weighted by Gasteiger charge is -2.25. The topological polar surface area (TPSA) is 40.1 Å². The lowest BCUT2D eigenvalue weighted by Crippen LogP contribution is -1.94. The average molecular weight is 550 g/mol. The zero-order chi connectivity index (χ0) is 28.3. The molecule has 202 valence electrons. The van der Waals surface area contributed by atoms with Crippen LogP contribution in [0.2, 0.25) is 0 Å². The van der Waals surface area contributed by atoms with Crippen LogP contribution in [0.1, 0.15) is 5.69 Å². The molecule has 0 amide bonds. The molecule has 3 heteroatoms. The summed E-state index contributed by atoms with van der Waals surface area (Å²) in [6, 6.07) is 41.2. The molecular weight excluding hydrogens is 524 g/mol. The SMILES string of the molecule is C1=CC[N-]C(c2ccc(-c3c4ccccc4c(-c4ccc5oc6cc7ccccc7cc6c5c4)c4ccccc34)cn2)=C1. The van der Waals surface area contributed by atoms with Gasteiger partial charge in [0.2, 0.25) is 0 Å². The summed E-state index contributed by atoms with van der Waals surface area (Å²) in [7, 11) is 0. The molecule has 0 spiro atoms. The molecular formula is C40H25N2O-. The molecule has 0 atom stereocenters. The van der Waals surface area contributed by atoms with E-state index >= 15 is 0 Å². The molecule has 2 aromatic heterocycles. The van der Waals surface area contributed by atoms with E-state index in [1.54, 1.807) is 0 Å². The van der Waals surface area contributed by atoms with E-state index < -0.39 is 0 Å². The number of furan rings is 1. The summed E-state index contributed by atoms with van der Waals surface area (Å²) in [5.74, 6) is 0. The maximum atomic E-state index is 6.34. The fraction of sp³-hybridized carbons (Fsp3) is 0.0250. The molecule has 0 saturated heterocycles. The number of hydrogen-bond acceptors (Lipinski definition) is 2. The molecule has 43 heavy (non-hydrogen) atoms. The zero-order valence-corrected chi connectivity index (χ0v) is 23.3. The number of benzene rings is 6. The molecule has 1 aliphatic rings. The van der Waals surface area contributed by atoms with E-state index in [-0.39, 0.29) is 0 Å².